The van der Waals surface area contributed by atoms with Crippen molar-refractivity contribution in [3.63, 3.8) is 0 Å². The summed E-state index contributed by atoms with van der Waals surface area (Å²) in [6.45, 7) is 4.74. The van der Waals surface area contributed by atoms with E-state index in [1.54, 1.807) is 18.3 Å². The molecule has 2 saturated carbocycles. The molecular weight excluding hydrogens is 450 g/mol. The largest absolute Gasteiger partial charge is 0.508 e. The third-order valence-corrected chi connectivity index (χ3v) is 8.43. The first-order valence-corrected chi connectivity index (χ1v) is 13.7. The number of aromatic hydroxyl groups is 1. The molecule has 8 heteroatoms. The number of phenolic OH excluding ortho intramolecular Hbond substituents is 1. The summed E-state index contributed by atoms with van der Waals surface area (Å²) in [5.41, 5.74) is 1.23. The molecule has 8 nitrogen and oxygen atoms in total. The lowest BCUT2D eigenvalue weighted by atomic mass is 9.64. The summed E-state index contributed by atoms with van der Waals surface area (Å²) in [5, 5.41) is 33.7. The molecule has 1 unspecified atom stereocenters. The Kier molecular flexibility index (Phi) is 8.19. The highest BCUT2D eigenvalue weighted by molar-refractivity contribution is 5.53. The molecule has 5 rings (SSSR count). The molecule has 36 heavy (non-hydrogen) atoms. The minimum atomic E-state index is 0.239. The molecule has 3 fully saturated rings. The lowest BCUT2D eigenvalue weighted by Crippen LogP contribution is -2.51. The number of para-hydroxylation sites is 1. The fraction of sp³-hybridized carbons (Fsp3) is 0.607. The Morgan fingerprint density at radius 2 is 1.78 bits per heavy atom. The van der Waals surface area contributed by atoms with Gasteiger partial charge in [0, 0.05) is 24.7 Å². The summed E-state index contributed by atoms with van der Waals surface area (Å²) in [6.07, 6.45) is 10.6. The summed E-state index contributed by atoms with van der Waals surface area (Å²) >= 11 is 0. The predicted octanol–water partition coefficient (Wildman–Crippen LogP) is 3.86. The molecule has 0 spiro atoms. The summed E-state index contributed by atoms with van der Waals surface area (Å²) in [7, 11) is 0. The Hall–Kier alpha value is -2.89. The lowest BCUT2D eigenvalue weighted by Gasteiger charge is -2.47. The Morgan fingerprint density at radius 1 is 1.00 bits per heavy atom. The van der Waals surface area contributed by atoms with E-state index >= 15 is 0 Å². The van der Waals surface area contributed by atoms with Crippen molar-refractivity contribution in [2.45, 2.75) is 57.5 Å². The van der Waals surface area contributed by atoms with E-state index in [0.717, 1.165) is 43.0 Å². The maximum atomic E-state index is 10.00. The van der Waals surface area contributed by atoms with Gasteiger partial charge in [0.15, 0.2) is 0 Å². The van der Waals surface area contributed by atoms with Crippen LogP contribution >= 0.6 is 0 Å². The van der Waals surface area contributed by atoms with Crippen molar-refractivity contribution in [3.8, 4) is 11.8 Å². The minimum absolute atomic E-state index is 0.239. The maximum Gasteiger partial charge on any atom is 0.224 e. The van der Waals surface area contributed by atoms with Gasteiger partial charge in [-0.1, -0.05) is 24.6 Å². The summed E-state index contributed by atoms with van der Waals surface area (Å²) in [5.74, 6) is 4.19. The van der Waals surface area contributed by atoms with Crippen molar-refractivity contribution in [1.82, 2.24) is 20.6 Å². The van der Waals surface area contributed by atoms with Gasteiger partial charge in [-0.15, -0.1) is 0 Å². The van der Waals surface area contributed by atoms with Crippen molar-refractivity contribution >= 4 is 11.8 Å². The molecule has 0 amide bonds. The highest BCUT2D eigenvalue weighted by atomic mass is 16.3. The van der Waals surface area contributed by atoms with E-state index in [1.807, 2.05) is 12.1 Å². The molecule has 1 saturated heterocycles. The topological polar surface area (TPSA) is 118 Å². The van der Waals surface area contributed by atoms with Gasteiger partial charge in [0.05, 0.1) is 6.20 Å². The smallest absolute Gasteiger partial charge is 0.224 e. The van der Waals surface area contributed by atoms with E-state index in [0.29, 0.717) is 35.8 Å². The van der Waals surface area contributed by atoms with Crippen LogP contribution in [0.5, 0.6) is 5.75 Å². The van der Waals surface area contributed by atoms with Crippen molar-refractivity contribution in [3.05, 3.63) is 41.6 Å². The second-order valence-corrected chi connectivity index (χ2v) is 10.8. The highest BCUT2D eigenvalue weighted by Crippen LogP contribution is 2.43. The van der Waals surface area contributed by atoms with Crippen LogP contribution in [-0.4, -0.2) is 47.3 Å². The molecule has 2 aliphatic carbocycles. The number of hydrogen-bond acceptors (Lipinski definition) is 8. The Labute approximate surface area is 214 Å². The van der Waals surface area contributed by atoms with Crippen molar-refractivity contribution in [2.24, 2.45) is 23.7 Å². The monoisotopic (exact) mass is 489 g/mol. The van der Waals surface area contributed by atoms with E-state index < -0.39 is 0 Å². The number of piperidine rings is 1. The van der Waals surface area contributed by atoms with Crippen LogP contribution in [0.4, 0.5) is 11.8 Å². The zero-order valence-electron chi connectivity index (χ0n) is 21.0. The Balaban J connectivity index is 1.16. The standard InChI is InChI=1S/C28H39N7O/c29-14-24-18-34-28(33-17-23-4-1-2-7-25(23)36)35-27(24)32-16-20-12-21-5-3-6-22(13-20)26(21)31-15-19-8-10-30-11-9-19/h1-2,4,7,18-22,26,30-31,36H,3,5-6,8-13,15-17H2,(H2,32,33,34,35)/t20?,21-,22+,26-. The molecule has 2 heterocycles. The molecular formula is C28H39N7O. The number of rotatable bonds is 9. The number of nitrogens with one attached hydrogen (secondary N) is 4. The number of nitrogens with zero attached hydrogens (tertiary/aromatic N) is 3. The third kappa shape index (κ3) is 6.08. The average molecular weight is 490 g/mol. The van der Waals surface area contributed by atoms with Gasteiger partial charge in [-0.3, -0.25) is 0 Å². The van der Waals surface area contributed by atoms with E-state index in [2.05, 4.69) is 37.3 Å². The fourth-order valence-corrected chi connectivity index (χ4v) is 6.52. The minimum Gasteiger partial charge on any atom is -0.508 e. The number of nitriles is 1. The molecule has 1 aliphatic heterocycles. The first kappa shape index (κ1) is 24.8. The molecule has 192 valence electrons. The van der Waals surface area contributed by atoms with Gasteiger partial charge >= 0.3 is 0 Å². The van der Waals surface area contributed by atoms with Gasteiger partial charge in [0.25, 0.3) is 0 Å². The summed E-state index contributed by atoms with van der Waals surface area (Å²) in [4.78, 5) is 8.87. The SMILES string of the molecule is N#Cc1cnc(NCc2ccccc2O)nc1NCC1C[C@H]2CCC[C@@H](C1)[C@@H]2NCC1CCNCC1. The van der Waals surface area contributed by atoms with Crippen LogP contribution in [0, 0.1) is 35.0 Å². The zero-order chi connectivity index (χ0) is 24.7. The number of aromatic nitrogens is 2. The van der Waals surface area contributed by atoms with Crippen LogP contribution in [-0.2, 0) is 6.54 Å². The molecule has 2 aromatic rings. The van der Waals surface area contributed by atoms with E-state index in [-0.39, 0.29) is 5.75 Å². The molecule has 0 radical (unpaired) electrons. The van der Waals surface area contributed by atoms with Gasteiger partial charge in [-0.25, -0.2) is 4.98 Å². The average Bonchev–Trinajstić information content (AvgIpc) is 2.90. The number of benzene rings is 1. The van der Waals surface area contributed by atoms with Gasteiger partial charge < -0.3 is 26.4 Å². The van der Waals surface area contributed by atoms with Crippen molar-refractivity contribution in [2.75, 3.05) is 36.8 Å². The molecule has 1 aromatic carbocycles. The van der Waals surface area contributed by atoms with Gasteiger partial charge in [-0.2, -0.15) is 10.2 Å². The van der Waals surface area contributed by atoms with Crippen molar-refractivity contribution < 1.29 is 5.11 Å². The number of hydrogen-bond donors (Lipinski definition) is 5. The van der Waals surface area contributed by atoms with E-state index in [4.69, 9.17) is 0 Å². The fourth-order valence-electron chi connectivity index (χ4n) is 6.52. The lowest BCUT2D eigenvalue weighted by molar-refractivity contribution is 0.0838. The van der Waals surface area contributed by atoms with E-state index in [1.165, 1.54) is 51.5 Å². The van der Waals surface area contributed by atoms with Crippen LogP contribution < -0.4 is 21.3 Å². The van der Waals surface area contributed by atoms with Gasteiger partial charge in [0.1, 0.15) is 23.2 Å². The van der Waals surface area contributed by atoms with Gasteiger partial charge in [0.2, 0.25) is 5.95 Å². The van der Waals surface area contributed by atoms with Crippen molar-refractivity contribution in [1.29, 1.82) is 5.26 Å². The van der Waals surface area contributed by atoms with Crippen LogP contribution in [0.3, 0.4) is 0 Å². The van der Waals surface area contributed by atoms with Crippen LogP contribution in [0.15, 0.2) is 30.5 Å². The molecule has 1 aromatic heterocycles. The quantitative estimate of drug-likeness (QED) is 0.360. The zero-order valence-corrected chi connectivity index (χ0v) is 21.0. The predicted molar refractivity (Wildman–Crippen MR) is 142 cm³/mol. The normalized spacial score (nSPS) is 26.2. The first-order chi connectivity index (χ1) is 17.7. The molecule has 4 atom stereocenters. The van der Waals surface area contributed by atoms with Crippen LogP contribution in [0.25, 0.3) is 0 Å². The number of fused-ring (bicyclic) bond motifs is 2. The number of phenols is 1. The summed E-state index contributed by atoms with van der Waals surface area (Å²) < 4.78 is 0. The summed E-state index contributed by atoms with van der Waals surface area (Å²) in [6, 6.07) is 10.1. The first-order valence-electron chi connectivity index (χ1n) is 13.7. The highest BCUT2D eigenvalue weighted by Gasteiger charge is 2.40. The second kappa shape index (κ2) is 11.9. The Bertz CT molecular complexity index is 1030. The van der Waals surface area contributed by atoms with Crippen LogP contribution in [0.2, 0.25) is 0 Å². The molecule has 5 N–H and O–H groups in total. The maximum absolute atomic E-state index is 10.00. The molecule has 3 aliphatic rings. The van der Waals surface area contributed by atoms with Gasteiger partial charge in [-0.05, 0) is 87.9 Å². The Morgan fingerprint density at radius 3 is 2.53 bits per heavy atom. The second-order valence-electron chi connectivity index (χ2n) is 10.8. The number of anilines is 2. The third-order valence-electron chi connectivity index (χ3n) is 8.43. The van der Waals surface area contributed by atoms with Crippen LogP contribution in [0.1, 0.15) is 56.1 Å². The van der Waals surface area contributed by atoms with E-state index in [9.17, 15) is 10.4 Å². The molecule has 2 bridgehead atoms.